The second-order valence-corrected chi connectivity index (χ2v) is 6.51. The predicted molar refractivity (Wildman–Crippen MR) is 101 cm³/mol. The molecular weight excluding hydrogens is 350 g/mol. The third-order valence-electron chi connectivity index (χ3n) is 4.14. The average Bonchev–Trinajstić information content (AvgIpc) is 3.11. The van der Waals surface area contributed by atoms with Gasteiger partial charge in [0.05, 0.1) is 4.92 Å². The fourth-order valence-corrected chi connectivity index (χ4v) is 3.25. The first-order valence-electron chi connectivity index (χ1n) is 7.95. The van der Waals surface area contributed by atoms with E-state index in [-0.39, 0.29) is 16.7 Å². The molecule has 0 saturated carbocycles. The van der Waals surface area contributed by atoms with E-state index < -0.39 is 0 Å². The summed E-state index contributed by atoms with van der Waals surface area (Å²) in [6.07, 6.45) is 3.93. The number of nitro benzene ring substituents is 1. The number of anilines is 1. The van der Waals surface area contributed by atoms with E-state index in [1.807, 2.05) is 48.7 Å². The Morgan fingerprint density at radius 1 is 1.19 bits per heavy atom. The highest BCUT2D eigenvalue weighted by Gasteiger charge is 2.26. The molecule has 26 heavy (non-hydrogen) atoms. The van der Waals surface area contributed by atoms with Crippen LogP contribution in [0.3, 0.4) is 0 Å². The molecule has 0 aliphatic carbocycles. The number of benzene rings is 2. The molecule has 1 N–H and O–H groups in total. The quantitative estimate of drug-likeness (QED) is 0.428. The first-order chi connectivity index (χ1) is 12.7. The van der Waals surface area contributed by atoms with Gasteiger partial charge in [0.1, 0.15) is 6.04 Å². The zero-order valence-electron chi connectivity index (χ0n) is 13.9. The second kappa shape index (κ2) is 6.64. The first kappa shape index (κ1) is 16.3. The Morgan fingerprint density at radius 3 is 2.73 bits per heavy atom. The summed E-state index contributed by atoms with van der Waals surface area (Å²) >= 11 is 1.45. The van der Waals surface area contributed by atoms with Crippen LogP contribution in [0.1, 0.15) is 17.2 Å². The number of non-ortho nitro benzene ring substituents is 1. The molecule has 7 nitrogen and oxygen atoms in total. The topological polar surface area (TPSA) is 85.9 Å². The number of fused-ring (bicyclic) bond motifs is 1. The lowest BCUT2D eigenvalue weighted by atomic mass is 10.0. The Morgan fingerprint density at radius 2 is 2.00 bits per heavy atom. The highest BCUT2D eigenvalue weighted by Crippen LogP contribution is 2.34. The van der Waals surface area contributed by atoms with Crippen molar-refractivity contribution in [3.8, 4) is 0 Å². The highest BCUT2D eigenvalue weighted by atomic mass is 32.2. The molecule has 1 aliphatic rings. The third-order valence-corrected chi connectivity index (χ3v) is 4.67. The van der Waals surface area contributed by atoms with Crippen LogP contribution in [0.15, 0.2) is 65.8 Å². The van der Waals surface area contributed by atoms with Gasteiger partial charge in [-0.05, 0) is 23.5 Å². The van der Waals surface area contributed by atoms with Crippen molar-refractivity contribution >= 4 is 29.1 Å². The molecule has 2 aromatic carbocycles. The minimum Gasteiger partial charge on any atom is -0.324 e. The molecule has 130 valence electrons. The van der Waals surface area contributed by atoms with E-state index in [2.05, 4.69) is 15.4 Å². The maximum absolute atomic E-state index is 11.2. The first-order valence-corrected chi connectivity index (χ1v) is 9.17. The molecule has 0 fully saturated rings. The molecule has 0 bridgehead atoms. The Kier molecular flexibility index (Phi) is 4.18. The summed E-state index contributed by atoms with van der Waals surface area (Å²) in [5.41, 5.74) is 2.76. The van der Waals surface area contributed by atoms with Crippen molar-refractivity contribution < 1.29 is 4.92 Å². The lowest BCUT2D eigenvalue weighted by Crippen LogP contribution is -2.20. The molecule has 3 aromatic rings. The molecule has 1 unspecified atom stereocenters. The maximum atomic E-state index is 11.2. The van der Waals surface area contributed by atoms with Gasteiger partial charge in [-0.15, -0.1) is 5.10 Å². The standard InChI is InChI=1S/C18H15N5O2S/c1-26-18-20-17-19-15(12-6-3-2-4-7-12)11-16(22(17)21-18)13-8-5-9-14(10-13)23(24)25/h2-11,16H,1H3,(H,19,20,21). The fraction of sp³-hybridized carbons (Fsp3) is 0.111. The van der Waals surface area contributed by atoms with Gasteiger partial charge in [-0.25, -0.2) is 4.68 Å². The van der Waals surface area contributed by atoms with Crippen LogP contribution >= 0.6 is 11.8 Å². The molecule has 1 aromatic heterocycles. The van der Waals surface area contributed by atoms with Crippen molar-refractivity contribution in [2.75, 3.05) is 11.6 Å². The smallest absolute Gasteiger partial charge is 0.269 e. The zero-order valence-corrected chi connectivity index (χ0v) is 14.7. The Bertz CT molecular complexity index is 1000. The molecule has 1 aliphatic heterocycles. The summed E-state index contributed by atoms with van der Waals surface area (Å²) in [5, 5.41) is 19.6. The summed E-state index contributed by atoms with van der Waals surface area (Å²) in [7, 11) is 0. The van der Waals surface area contributed by atoms with Crippen LogP contribution in [0.5, 0.6) is 0 Å². The number of thioether (sulfide) groups is 1. The fourth-order valence-electron chi connectivity index (χ4n) is 2.91. The number of hydrogen-bond donors (Lipinski definition) is 1. The average molecular weight is 365 g/mol. The number of nitrogens with one attached hydrogen (secondary N) is 1. The van der Waals surface area contributed by atoms with Crippen LogP contribution in [0, 0.1) is 10.1 Å². The van der Waals surface area contributed by atoms with Gasteiger partial charge < -0.3 is 5.32 Å². The van der Waals surface area contributed by atoms with Crippen molar-refractivity contribution in [2.45, 2.75) is 11.2 Å². The van der Waals surface area contributed by atoms with Crippen molar-refractivity contribution in [1.82, 2.24) is 14.8 Å². The lowest BCUT2D eigenvalue weighted by molar-refractivity contribution is -0.384. The lowest BCUT2D eigenvalue weighted by Gasteiger charge is -2.24. The third kappa shape index (κ3) is 2.95. The molecular formula is C18H15N5O2S. The summed E-state index contributed by atoms with van der Waals surface area (Å²) < 4.78 is 1.76. The van der Waals surface area contributed by atoms with Crippen molar-refractivity contribution in [3.05, 3.63) is 81.9 Å². The van der Waals surface area contributed by atoms with Crippen LogP contribution in [-0.4, -0.2) is 25.9 Å². The van der Waals surface area contributed by atoms with Gasteiger partial charge in [0.2, 0.25) is 11.1 Å². The minimum absolute atomic E-state index is 0.0578. The number of nitrogens with zero attached hydrogens (tertiary/aromatic N) is 4. The second-order valence-electron chi connectivity index (χ2n) is 5.73. The highest BCUT2D eigenvalue weighted by molar-refractivity contribution is 7.98. The van der Waals surface area contributed by atoms with Gasteiger partial charge in [-0.2, -0.15) is 4.98 Å². The SMILES string of the molecule is CSc1nc2n(n1)C(c1cccc([N+](=O)[O-])c1)C=C(c1ccccc1)N2. The van der Waals surface area contributed by atoms with Crippen LogP contribution in [0.2, 0.25) is 0 Å². The summed E-state index contributed by atoms with van der Waals surface area (Å²) in [6, 6.07) is 16.2. The summed E-state index contributed by atoms with van der Waals surface area (Å²) in [5.74, 6) is 0.618. The van der Waals surface area contributed by atoms with Crippen LogP contribution < -0.4 is 5.32 Å². The number of nitro groups is 1. The van der Waals surface area contributed by atoms with Crippen LogP contribution in [0.25, 0.3) is 5.70 Å². The molecule has 4 rings (SSSR count). The summed E-state index contributed by atoms with van der Waals surface area (Å²) in [6.45, 7) is 0. The van der Waals surface area contributed by atoms with E-state index in [1.54, 1.807) is 16.8 Å². The number of allylic oxidation sites excluding steroid dienone is 1. The molecule has 0 amide bonds. The van der Waals surface area contributed by atoms with E-state index in [4.69, 9.17) is 0 Å². The normalized spacial score (nSPS) is 15.7. The van der Waals surface area contributed by atoms with Gasteiger partial charge in [0, 0.05) is 17.8 Å². The van der Waals surface area contributed by atoms with Crippen molar-refractivity contribution in [2.24, 2.45) is 0 Å². The van der Waals surface area contributed by atoms with Crippen molar-refractivity contribution in [1.29, 1.82) is 0 Å². The van der Waals surface area contributed by atoms with Crippen LogP contribution in [0.4, 0.5) is 11.6 Å². The van der Waals surface area contributed by atoms with Gasteiger partial charge in [0.25, 0.3) is 5.69 Å². The van der Waals surface area contributed by atoms with Gasteiger partial charge in [-0.3, -0.25) is 10.1 Å². The van der Waals surface area contributed by atoms with Gasteiger partial charge in [-0.1, -0.05) is 54.2 Å². The largest absolute Gasteiger partial charge is 0.324 e. The Hall–Kier alpha value is -3.13. The van der Waals surface area contributed by atoms with Gasteiger partial charge in [0.15, 0.2) is 0 Å². The van der Waals surface area contributed by atoms with Crippen molar-refractivity contribution in [3.63, 3.8) is 0 Å². The van der Waals surface area contributed by atoms with E-state index >= 15 is 0 Å². The molecule has 2 heterocycles. The van der Waals surface area contributed by atoms with E-state index in [0.717, 1.165) is 16.8 Å². The number of hydrogen-bond acceptors (Lipinski definition) is 6. The Labute approximate surface area is 153 Å². The summed E-state index contributed by atoms with van der Waals surface area (Å²) in [4.78, 5) is 15.3. The number of rotatable bonds is 4. The maximum Gasteiger partial charge on any atom is 0.269 e. The molecule has 0 radical (unpaired) electrons. The Balaban J connectivity index is 1.84. The molecule has 0 spiro atoms. The van der Waals surface area contributed by atoms with Crippen LogP contribution in [-0.2, 0) is 0 Å². The van der Waals surface area contributed by atoms with E-state index in [0.29, 0.717) is 11.1 Å². The molecule has 0 saturated heterocycles. The zero-order chi connectivity index (χ0) is 18.1. The monoisotopic (exact) mass is 365 g/mol. The number of aromatic nitrogens is 3. The van der Waals surface area contributed by atoms with E-state index in [1.165, 1.54) is 17.8 Å². The predicted octanol–water partition coefficient (Wildman–Crippen LogP) is 3.96. The molecule has 8 heteroatoms. The van der Waals surface area contributed by atoms with Gasteiger partial charge >= 0.3 is 0 Å². The van der Waals surface area contributed by atoms with E-state index in [9.17, 15) is 10.1 Å². The molecule has 1 atom stereocenters. The minimum atomic E-state index is -0.387.